The summed E-state index contributed by atoms with van der Waals surface area (Å²) >= 11 is 1.22. The minimum absolute atomic E-state index is 0.106. The first kappa shape index (κ1) is 17.4. The molecule has 0 unspecified atom stereocenters. The summed E-state index contributed by atoms with van der Waals surface area (Å²) in [6.45, 7) is 0.106. The number of ether oxygens (including phenoxy) is 2. The Morgan fingerprint density at radius 2 is 1.90 bits per heavy atom. The maximum absolute atomic E-state index is 12.5. The van der Waals surface area contributed by atoms with Crippen LogP contribution in [-0.4, -0.2) is 23.6 Å². The van der Waals surface area contributed by atoms with Gasteiger partial charge in [-0.3, -0.25) is 10.1 Å². The summed E-state index contributed by atoms with van der Waals surface area (Å²) in [5, 5.41) is 5.58. The van der Waals surface area contributed by atoms with E-state index in [0.29, 0.717) is 33.5 Å². The van der Waals surface area contributed by atoms with E-state index in [1.165, 1.54) is 11.3 Å². The van der Waals surface area contributed by atoms with Gasteiger partial charge >= 0.3 is 5.63 Å². The molecule has 0 saturated carbocycles. The Balaban J connectivity index is 1.35. The molecule has 1 aliphatic heterocycles. The van der Waals surface area contributed by atoms with Crippen molar-refractivity contribution in [3.63, 3.8) is 0 Å². The zero-order valence-electron chi connectivity index (χ0n) is 15.0. The topological polar surface area (TPSA) is 90.7 Å². The van der Waals surface area contributed by atoms with Gasteiger partial charge < -0.3 is 13.9 Å². The second-order valence-electron chi connectivity index (χ2n) is 6.38. The average Bonchev–Trinajstić information content (AvgIpc) is 3.21. The number of nitrogens with zero attached hydrogens (tertiary/aromatic N) is 1. The van der Waals surface area contributed by atoms with Crippen molar-refractivity contribution in [1.82, 2.24) is 4.98 Å². The van der Waals surface area contributed by atoms with E-state index in [9.17, 15) is 9.59 Å². The van der Waals surface area contributed by atoms with Gasteiger partial charge in [-0.25, -0.2) is 9.78 Å². The molecule has 0 spiro atoms. The molecule has 1 amide bonds. The summed E-state index contributed by atoms with van der Waals surface area (Å²) in [7, 11) is 0. The molecule has 1 aliphatic rings. The van der Waals surface area contributed by atoms with E-state index in [2.05, 4.69) is 10.3 Å². The number of fused-ring (bicyclic) bond motifs is 2. The number of anilines is 1. The molecule has 7 nitrogen and oxygen atoms in total. The van der Waals surface area contributed by atoms with Crippen molar-refractivity contribution in [2.45, 2.75) is 6.10 Å². The molecule has 0 fully saturated rings. The Morgan fingerprint density at radius 1 is 1.10 bits per heavy atom. The summed E-state index contributed by atoms with van der Waals surface area (Å²) in [5.74, 6) is 0.759. The summed E-state index contributed by atoms with van der Waals surface area (Å²) in [4.78, 5) is 29.2. The molecule has 2 aromatic carbocycles. The highest BCUT2D eigenvalue weighted by molar-refractivity contribution is 7.14. The quantitative estimate of drug-likeness (QED) is 0.522. The molecule has 1 N–H and O–H groups in total. The minimum atomic E-state index is -0.789. The van der Waals surface area contributed by atoms with Crippen molar-refractivity contribution >= 4 is 33.3 Å². The third-order valence-corrected chi connectivity index (χ3v) is 5.21. The van der Waals surface area contributed by atoms with Crippen molar-refractivity contribution in [3.05, 3.63) is 70.4 Å². The lowest BCUT2D eigenvalue weighted by Crippen LogP contribution is -2.40. The van der Waals surface area contributed by atoms with Crippen molar-refractivity contribution in [2.75, 3.05) is 11.9 Å². The van der Waals surface area contributed by atoms with Crippen molar-refractivity contribution in [1.29, 1.82) is 0 Å². The van der Waals surface area contributed by atoms with E-state index in [1.54, 1.807) is 35.7 Å². The number of para-hydroxylation sites is 3. The van der Waals surface area contributed by atoms with E-state index in [1.807, 2.05) is 24.3 Å². The van der Waals surface area contributed by atoms with Gasteiger partial charge in [0.25, 0.3) is 5.91 Å². The third kappa shape index (κ3) is 3.34. The molecule has 0 aliphatic carbocycles. The van der Waals surface area contributed by atoms with Crippen LogP contribution in [0, 0.1) is 0 Å². The lowest BCUT2D eigenvalue weighted by molar-refractivity contribution is -0.125. The van der Waals surface area contributed by atoms with Crippen LogP contribution >= 0.6 is 11.3 Å². The number of carbonyl (C=O) groups is 1. The number of hydrogen-bond acceptors (Lipinski definition) is 7. The SMILES string of the molecule is O=C(Nc1nc(-c2cc3ccccc3oc2=O)cs1)[C@H]1COc2ccccc2O1. The van der Waals surface area contributed by atoms with Gasteiger partial charge in [-0.15, -0.1) is 11.3 Å². The Bertz CT molecular complexity index is 1280. The highest BCUT2D eigenvalue weighted by Gasteiger charge is 2.28. The van der Waals surface area contributed by atoms with Crippen LogP contribution in [0.25, 0.3) is 22.2 Å². The molecule has 144 valence electrons. The molecule has 0 bridgehead atoms. The lowest BCUT2D eigenvalue weighted by atomic mass is 10.1. The number of benzene rings is 2. The van der Waals surface area contributed by atoms with Crippen molar-refractivity contribution in [2.24, 2.45) is 0 Å². The first-order valence-electron chi connectivity index (χ1n) is 8.85. The van der Waals surface area contributed by atoms with Crippen LogP contribution in [0.3, 0.4) is 0 Å². The summed E-state index contributed by atoms with van der Waals surface area (Å²) in [5.41, 5.74) is 0.815. The number of thiazole rings is 1. The molecular weight excluding hydrogens is 392 g/mol. The van der Waals surface area contributed by atoms with Gasteiger partial charge in [0.2, 0.25) is 6.10 Å². The van der Waals surface area contributed by atoms with Gasteiger partial charge in [0.1, 0.15) is 12.2 Å². The minimum Gasteiger partial charge on any atom is -0.485 e. The number of carbonyl (C=O) groups excluding carboxylic acids is 1. The highest BCUT2D eigenvalue weighted by Crippen LogP contribution is 2.31. The van der Waals surface area contributed by atoms with Crippen LogP contribution in [0.1, 0.15) is 0 Å². The zero-order chi connectivity index (χ0) is 19.8. The van der Waals surface area contributed by atoms with Crippen LogP contribution in [0.5, 0.6) is 11.5 Å². The van der Waals surface area contributed by atoms with E-state index in [0.717, 1.165) is 5.39 Å². The fourth-order valence-corrected chi connectivity index (χ4v) is 3.74. The van der Waals surface area contributed by atoms with Crippen LogP contribution in [0.15, 0.2) is 69.2 Å². The molecule has 0 saturated heterocycles. The highest BCUT2D eigenvalue weighted by atomic mass is 32.1. The first-order chi connectivity index (χ1) is 14.2. The molecule has 29 heavy (non-hydrogen) atoms. The van der Waals surface area contributed by atoms with E-state index in [4.69, 9.17) is 13.9 Å². The summed E-state index contributed by atoms with van der Waals surface area (Å²) < 4.78 is 16.6. The standard InChI is InChI=1S/C21H14N2O5S/c24-19(18-10-26-16-7-3-4-8-17(16)27-18)23-21-22-14(11-29-21)13-9-12-5-1-2-6-15(12)28-20(13)25/h1-9,11,18H,10H2,(H,22,23,24)/t18-/m1/s1. The number of nitrogens with one attached hydrogen (secondary N) is 1. The molecule has 5 rings (SSSR count). The fourth-order valence-electron chi connectivity index (χ4n) is 3.03. The predicted molar refractivity (Wildman–Crippen MR) is 109 cm³/mol. The van der Waals surface area contributed by atoms with Gasteiger partial charge in [0.05, 0.1) is 11.3 Å². The second-order valence-corrected chi connectivity index (χ2v) is 7.23. The Kier molecular flexibility index (Phi) is 4.25. The van der Waals surface area contributed by atoms with Gasteiger partial charge in [-0.1, -0.05) is 30.3 Å². The number of aromatic nitrogens is 1. The smallest absolute Gasteiger partial charge is 0.345 e. The van der Waals surface area contributed by atoms with E-state index in [-0.39, 0.29) is 12.5 Å². The number of amides is 1. The molecule has 1 atom stereocenters. The lowest BCUT2D eigenvalue weighted by Gasteiger charge is -2.25. The van der Waals surface area contributed by atoms with Crippen LogP contribution in [0.4, 0.5) is 5.13 Å². The van der Waals surface area contributed by atoms with E-state index >= 15 is 0 Å². The first-order valence-corrected chi connectivity index (χ1v) is 9.73. The number of rotatable bonds is 3. The fraction of sp³-hybridized carbons (Fsp3) is 0.0952. The van der Waals surface area contributed by atoms with Crippen LogP contribution < -0.4 is 20.4 Å². The largest absolute Gasteiger partial charge is 0.485 e. The molecule has 3 heterocycles. The van der Waals surface area contributed by atoms with Crippen LogP contribution in [-0.2, 0) is 4.79 Å². The normalized spacial score (nSPS) is 15.2. The second kappa shape index (κ2) is 7.06. The molecule has 0 radical (unpaired) electrons. The molecular formula is C21H14N2O5S. The Labute approximate surface area is 168 Å². The monoisotopic (exact) mass is 406 g/mol. The Morgan fingerprint density at radius 3 is 2.79 bits per heavy atom. The third-order valence-electron chi connectivity index (χ3n) is 4.45. The maximum atomic E-state index is 12.5. The van der Waals surface area contributed by atoms with Crippen molar-refractivity contribution in [3.8, 4) is 22.8 Å². The van der Waals surface area contributed by atoms with Gasteiger partial charge in [-0.2, -0.15) is 0 Å². The Hall–Kier alpha value is -3.65. The van der Waals surface area contributed by atoms with E-state index < -0.39 is 11.7 Å². The zero-order valence-corrected chi connectivity index (χ0v) is 15.8. The van der Waals surface area contributed by atoms with Gasteiger partial charge in [0.15, 0.2) is 16.6 Å². The molecule has 2 aromatic heterocycles. The average molecular weight is 406 g/mol. The van der Waals surface area contributed by atoms with Crippen molar-refractivity contribution < 1.29 is 18.7 Å². The maximum Gasteiger partial charge on any atom is 0.345 e. The van der Waals surface area contributed by atoms with Gasteiger partial charge in [0, 0.05) is 10.8 Å². The number of hydrogen-bond donors (Lipinski definition) is 1. The molecule has 8 heteroatoms. The van der Waals surface area contributed by atoms with Gasteiger partial charge in [-0.05, 0) is 24.3 Å². The van der Waals surface area contributed by atoms with Crippen LogP contribution in [0.2, 0.25) is 0 Å². The molecule has 4 aromatic rings. The predicted octanol–water partition coefficient (Wildman–Crippen LogP) is 3.70. The summed E-state index contributed by atoms with van der Waals surface area (Å²) in [6, 6.07) is 16.2. The summed E-state index contributed by atoms with van der Waals surface area (Å²) in [6.07, 6.45) is -0.789.